The second-order valence-corrected chi connectivity index (χ2v) is 8.61. The first-order valence-corrected chi connectivity index (χ1v) is 11.9. The van der Waals surface area contributed by atoms with Crippen LogP contribution in [0.4, 0.5) is 0 Å². The van der Waals surface area contributed by atoms with E-state index >= 15 is 0 Å². The van der Waals surface area contributed by atoms with Gasteiger partial charge in [-0.1, -0.05) is 12.1 Å². The molecule has 0 aliphatic heterocycles. The number of aromatic nitrogens is 4. The normalized spacial score (nSPS) is 11.8. The Morgan fingerprint density at radius 3 is 2.24 bits per heavy atom. The Morgan fingerprint density at radius 2 is 1.49 bits per heavy atom. The largest absolute Gasteiger partial charge is 0.493 e. The van der Waals surface area contributed by atoms with Crippen LogP contribution in [0.25, 0.3) is 27.6 Å². The van der Waals surface area contributed by atoms with Gasteiger partial charge in [-0.3, -0.25) is 14.8 Å². The standard InChI is InChI=1S/C27H20N4O5S/c1-35-23-8-5-17(14-24(23)36-2)26(32)18(11-15-3-6-19-21(12-15)29-10-9-28-19)25(27(33)34)16-4-7-20-22(13-16)31-37-30-20/h3-10,12-14H,11H2,1-2H3,(H,33,34). The van der Waals surface area contributed by atoms with Crippen LogP contribution in [0, 0.1) is 0 Å². The molecule has 10 heteroatoms. The fourth-order valence-electron chi connectivity index (χ4n) is 4.12. The molecule has 0 amide bonds. The maximum atomic E-state index is 13.9. The Bertz CT molecular complexity index is 1700. The van der Waals surface area contributed by atoms with Gasteiger partial charge in [0, 0.05) is 30.0 Å². The summed E-state index contributed by atoms with van der Waals surface area (Å²) in [5.74, 6) is -0.862. The van der Waals surface area contributed by atoms with Gasteiger partial charge in [0.2, 0.25) is 0 Å². The molecule has 0 saturated carbocycles. The van der Waals surface area contributed by atoms with Crippen molar-refractivity contribution in [3.63, 3.8) is 0 Å². The number of carbonyl (C=O) groups is 2. The van der Waals surface area contributed by atoms with Crippen LogP contribution in [0.1, 0.15) is 21.5 Å². The second-order valence-electron chi connectivity index (χ2n) is 8.08. The van der Waals surface area contributed by atoms with Crippen molar-refractivity contribution >= 4 is 51.1 Å². The predicted molar refractivity (Wildman–Crippen MR) is 139 cm³/mol. The Kier molecular flexibility index (Phi) is 6.57. The van der Waals surface area contributed by atoms with Crippen LogP contribution >= 0.6 is 11.7 Å². The molecule has 1 N–H and O–H groups in total. The number of fused-ring (bicyclic) bond motifs is 2. The zero-order valence-electron chi connectivity index (χ0n) is 19.8. The fraction of sp³-hybridized carbons (Fsp3) is 0.111. The highest BCUT2D eigenvalue weighted by Crippen LogP contribution is 2.32. The molecule has 184 valence electrons. The molecule has 3 aromatic carbocycles. The van der Waals surface area contributed by atoms with Gasteiger partial charge in [0.1, 0.15) is 11.0 Å². The Labute approximate surface area is 215 Å². The molecule has 0 fully saturated rings. The van der Waals surface area contributed by atoms with Gasteiger partial charge < -0.3 is 14.6 Å². The molecule has 0 aliphatic carbocycles. The van der Waals surface area contributed by atoms with Crippen molar-refractivity contribution in [2.45, 2.75) is 6.42 Å². The lowest BCUT2D eigenvalue weighted by Gasteiger charge is -2.15. The highest BCUT2D eigenvalue weighted by Gasteiger charge is 2.25. The minimum absolute atomic E-state index is 0.0503. The van der Waals surface area contributed by atoms with Gasteiger partial charge in [-0.25, -0.2) is 4.79 Å². The number of nitrogens with zero attached hydrogens (tertiary/aromatic N) is 4. The summed E-state index contributed by atoms with van der Waals surface area (Å²) in [7, 11) is 2.97. The minimum atomic E-state index is -1.23. The van der Waals surface area contributed by atoms with Gasteiger partial charge in [0.15, 0.2) is 17.3 Å². The van der Waals surface area contributed by atoms with Gasteiger partial charge in [0.25, 0.3) is 0 Å². The number of carboxylic acids is 1. The molecular weight excluding hydrogens is 492 g/mol. The van der Waals surface area contributed by atoms with Crippen molar-refractivity contribution in [3.05, 3.63) is 89.3 Å². The number of carboxylic acid groups (broad SMARTS) is 1. The highest BCUT2D eigenvalue weighted by atomic mass is 32.1. The summed E-state index contributed by atoms with van der Waals surface area (Å²) in [5, 5.41) is 10.3. The molecular formula is C27H20N4O5S. The first kappa shape index (κ1) is 24.0. The van der Waals surface area contributed by atoms with Crippen molar-refractivity contribution in [2.24, 2.45) is 0 Å². The van der Waals surface area contributed by atoms with Crippen molar-refractivity contribution in [2.75, 3.05) is 14.2 Å². The number of hydrogen-bond acceptors (Lipinski definition) is 9. The lowest BCUT2D eigenvalue weighted by atomic mass is 9.89. The van der Waals surface area contributed by atoms with Crippen molar-refractivity contribution in [3.8, 4) is 11.5 Å². The average molecular weight is 513 g/mol. The summed E-state index contributed by atoms with van der Waals surface area (Å²) in [5.41, 5.74) is 3.87. The van der Waals surface area contributed by atoms with Crippen LogP contribution < -0.4 is 9.47 Å². The van der Waals surface area contributed by atoms with Crippen molar-refractivity contribution < 1.29 is 24.2 Å². The van der Waals surface area contributed by atoms with E-state index in [1.165, 1.54) is 14.2 Å². The fourth-order valence-corrected chi connectivity index (χ4v) is 4.64. The number of methoxy groups -OCH3 is 2. The van der Waals surface area contributed by atoms with Gasteiger partial charge in [-0.15, -0.1) is 0 Å². The van der Waals surface area contributed by atoms with Crippen molar-refractivity contribution in [1.29, 1.82) is 0 Å². The summed E-state index contributed by atoms with van der Waals surface area (Å²) >= 11 is 1.04. The van der Waals surface area contributed by atoms with Crippen molar-refractivity contribution in [1.82, 2.24) is 18.7 Å². The number of ketones is 1. The quantitative estimate of drug-likeness (QED) is 0.234. The van der Waals surface area contributed by atoms with E-state index in [1.54, 1.807) is 60.9 Å². The van der Waals surface area contributed by atoms with Gasteiger partial charge >= 0.3 is 5.97 Å². The SMILES string of the molecule is COc1ccc(C(=O)C(Cc2ccc3nccnc3c2)=C(C(=O)O)c2ccc3nsnc3c2)cc1OC. The summed E-state index contributed by atoms with van der Waals surface area (Å²) < 4.78 is 19.1. The van der Waals surface area contributed by atoms with E-state index in [0.29, 0.717) is 44.7 Å². The third kappa shape index (κ3) is 4.74. The molecule has 2 aromatic heterocycles. The predicted octanol–water partition coefficient (Wildman–Crippen LogP) is 4.62. The molecule has 0 unspecified atom stereocenters. The van der Waals surface area contributed by atoms with Crippen LogP contribution in [0.5, 0.6) is 11.5 Å². The molecule has 9 nitrogen and oxygen atoms in total. The maximum absolute atomic E-state index is 13.9. The number of aliphatic carboxylic acids is 1. The number of allylic oxidation sites excluding steroid dienone is 1. The number of ether oxygens (including phenoxy) is 2. The smallest absolute Gasteiger partial charge is 0.336 e. The van der Waals surface area contributed by atoms with Crippen LogP contribution in [-0.4, -0.2) is 49.8 Å². The number of Topliss-reactive ketones (excluding diaryl/α,β-unsaturated/α-hetero) is 1. The Balaban J connectivity index is 1.70. The summed E-state index contributed by atoms with van der Waals surface area (Å²) in [6, 6.07) is 15.1. The third-order valence-electron chi connectivity index (χ3n) is 5.89. The topological polar surface area (TPSA) is 124 Å². The van der Waals surface area contributed by atoms with E-state index in [9.17, 15) is 14.7 Å². The summed E-state index contributed by atoms with van der Waals surface area (Å²) in [4.78, 5) is 35.2. The van der Waals surface area contributed by atoms with Gasteiger partial charge in [-0.05, 0) is 53.6 Å². The molecule has 2 heterocycles. The van der Waals surface area contributed by atoms with E-state index in [2.05, 4.69) is 18.7 Å². The first-order valence-electron chi connectivity index (χ1n) is 11.1. The van der Waals surface area contributed by atoms with Crippen LogP contribution in [-0.2, 0) is 11.2 Å². The molecule has 0 atom stereocenters. The Morgan fingerprint density at radius 1 is 0.784 bits per heavy atom. The molecule has 37 heavy (non-hydrogen) atoms. The molecule has 5 rings (SSSR count). The molecule has 0 spiro atoms. The van der Waals surface area contributed by atoms with E-state index in [0.717, 1.165) is 11.7 Å². The van der Waals surface area contributed by atoms with E-state index in [1.807, 2.05) is 6.07 Å². The van der Waals surface area contributed by atoms with Gasteiger partial charge in [0.05, 0.1) is 42.6 Å². The minimum Gasteiger partial charge on any atom is -0.493 e. The number of rotatable bonds is 8. The van der Waals surface area contributed by atoms with Crippen LogP contribution in [0.15, 0.2) is 72.6 Å². The zero-order chi connectivity index (χ0) is 25.9. The maximum Gasteiger partial charge on any atom is 0.336 e. The Hall–Kier alpha value is -4.70. The molecule has 0 saturated heterocycles. The van der Waals surface area contributed by atoms with Crippen LogP contribution in [0.2, 0.25) is 0 Å². The van der Waals surface area contributed by atoms with Gasteiger partial charge in [-0.2, -0.15) is 8.75 Å². The van der Waals surface area contributed by atoms with E-state index in [4.69, 9.17) is 9.47 Å². The lowest BCUT2D eigenvalue weighted by Crippen LogP contribution is -2.14. The molecule has 0 bridgehead atoms. The number of carbonyl (C=O) groups excluding carboxylic acids is 1. The monoisotopic (exact) mass is 512 g/mol. The van der Waals surface area contributed by atoms with E-state index < -0.39 is 11.8 Å². The molecule has 0 radical (unpaired) electrons. The molecule has 0 aliphatic rings. The highest BCUT2D eigenvalue weighted by molar-refractivity contribution is 7.00. The summed E-state index contributed by atoms with van der Waals surface area (Å²) in [6.45, 7) is 0. The molecule has 5 aromatic rings. The van der Waals surface area contributed by atoms with Crippen LogP contribution in [0.3, 0.4) is 0 Å². The second kappa shape index (κ2) is 10.1. The third-order valence-corrected chi connectivity index (χ3v) is 6.45. The number of benzene rings is 3. The van der Waals surface area contributed by atoms with E-state index in [-0.39, 0.29) is 23.1 Å². The lowest BCUT2D eigenvalue weighted by molar-refractivity contribution is -0.130. The first-order chi connectivity index (χ1) is 18.0. The average Bonchev–Trinajstić information content (AvgIpc) is 3.39. The summed E-state index contributed by atoms with van der Waals surface area (Å²) in [6.07, 6.45) is 3.23. The number of hydrogen-bond donors (Lipinski definition) is 1. The zero-order valence-corrected chi connectivity index (χ0v) is 20.7.